The van der Waals surface area contributed by atoms with Crippen LogP contribution in [0.2, 0.25) is 0 Å². The van der Waals surface area contributed by atoms with Crippen LogP contribution in [0.1, 0.15) is 51.2 Å². The van der Waals surface area contributed by atoms with Gasteiger partial charge in [-0.2, -0.15) is 0 Å². The van der Waals surface area contributed by atoms with Crippen molar-refractivity contribution in [1.82, 2.24) is 0 Å². The number of hydrogen-bond acceptors (Lipinski definition) is 6. The molecule has 2 aromatic rings. The van der Waals surface area contributed by atoms with Crippen LogP contribution in [0.15, 0.2) is 60.0 Å². The maximum Gasteiger partial charge on any atom is 0.359 e. The molecular weight excluding hydrogens is 406 g/mol. The fraction of sp³-hybridized carbons (Fsp3) is 0.423. The predicted octanol–water partition coefficient (Wildman–Crippen LogP) is 4.85. The molecule has 0 radical (unpaired) electrons. The van der Waals surface area contributed by atoms with Gasteiger partial charge in [0.2, 0.25) is 0 Å². The molecule has 1 atom stereocenters. The molecule has 3 rings (SSSR count). The fourth-order valence-electron chi connectivity index (χ4n) is 4.20. The highest BCUT2D eigenvalue weighted by Gasteiger charge is 2.45. The number of nitrogens with zero attached hydrogens (tertiary/aromatic N) is 1. The Morgan fingerprint density at radius 1 is 1.09 bits per heavy atom. The van der Waals surface area contributed by atoms with Crippen LogP contribution in [0.25, 0.3) is 0 Å². The summed E-state index contributed by atoms with van der Waals surface area (Å²) in [6, 6.07) is 14.3. The van der Waals surface area contributed by atoms with Crippen molar-refractivity contribution in [2.75, 3.05) is 11.4 Å². The highest BCUT2D eigenvalue weighted by molar-refractivity contribution is 5.94. The number of carbonyl (C=O) groups excluding carboxylic acids is 1. The molecule has 0 amide bonds. The summed E-state index contributed by atoms with van der Waals surface area (Å²) in [4.78, 5) is 15.0. The van der Waals surface area contributed by atoms with Crippen molar-refractivity contribution in [3.63, 3.8) is 0 Å². The largest absolute Gasteiger partial charge is 0.510 e. The number of carbonyl (C=O) groups is 1. The second-order valence-electron chi connectivity index (χ2n) is 8.73. The van der Waals surface area contributed by atoms with Gasteiger partial charge in [0.05, 0.1) is 6.61 Å². The number of aromatic hydroxyl groups is 1. The average Bonchev–Trinajstić information content (AvgIpc) is 2.77. The summed E-state index contributed by atoms with van der Waals surface area (Å²) in [7, 11) is 0. The van der Waals surface area contributed by atoms with Gasteiger partial charge >= 0.3 is 5.97 Å². The Morgan fingerprint density at radius 2 is 1.81 bits per heavy atom. The number of aryl methyl sites for hydroxylation is 1. The number of phenols is 1. The average molecular weight is 440 g/mol. The fourth-order valence-corrected chi connectivity index (χ4v) is 4.20. The molecule has 6 nitrogen and oxygen atoms in total. The zero-order valence-corrected chi connectivity index (χ0v) is 19.0. The van der Waals surface area contributed by atoms with Gasteiger partial charge in [-0.05, 0) is 60.6 Å². The minimum Gasteiger partial charge on any atom is -0.510 e. The number of anilines is 1. The first-order valence-corrected chi connectivity index (χ1v) is 11.2. The molecule has 2 aromatic carbocycles. The lowest BCUT2D eigenvalue weighted by molar-refractivity contribution is -0.166. The van der Waals surface area contributed by atoms with Gasteiger partial charge in [-0.25, -0.2) is 4.79 Å². The van der Waals surface area contributed by atoms with Gasteiger partial charge in [0.15, 0.2) is 5.70 Å². The topological polar surface area (TPSA) is 90.2 Å². The smallest absolute Gasteiger partial charge is 0.359 e. The zero-order chi connectivity index (χ0) is 23.3. The first-order valence-electron chi connectivity index (χ1n) is 11.2. The van der Waals surface area contributed by atoms with Crippen LogP contribution in [0.3, 0.4) is 0 Å². The Balaban J connectivity index is 1.91. The van der Waals surface area contributed by atoms with Gasteiger partial charge in [0, 0.05) is 18.7 Å². The Labute approximate surface area is 189 Å². The maximum absolute atomic E-state index is 13.3. The molecule has 0 saturated carbocycles. The Kier molecular flexibility index (Phi) is 7.46. The van der Waals surface area contributed by atoms with Crippen molar-refractivity contribution < 1.29 is 24.9 Å². The third-order valence-electron chi connectivity index (χ3n) is 6.18. The second kappa shape index (κ2) is 10.1. The van der Waals surface area contributed by atoms with E-state index < -0.39 is 11.6 Å². The molecule has 3 N–H and O–H groups in total. The minimum atomic E-state index is -0.812. The first-order chi connectivity index (χ1) is 15.3. The van der Waals surface area contributed by atoms with Crippen LogP contribution < -0.4 is 4.90 Å². The molecule has 1 unspecified atom stereocenters. The number of rotatable bonds is 9. The molecule has 1 aliphatic heterocycles. The Hall–Kier alpha value is -2.99. The summed E-state index contributed by atoms with van der Waals surface area (Å²) in [5, 5.41) is 30.1. The minimum absolute atomic E-state index is 0.00427. The van der Waals surface area contributed by atoms with Crippen molar-refractivity contribution in [2.24, 2.45) is 5.92 Å². The number of cyclic esters (lactones) is 1. The first kappa shape index (κ1) is 23.7. The van der Waals surface area contributed by atoms with Gasteiger partial charge in [-0.15, -0.1) is 0 Å². The van der Waals surface area contributed by atoms with Crippen molar-refractivity contribution >= 4 is 11.7 Å². The number of aliphatic hydroxyl groups is 2. The van der Waals surface area contributed by atoms with Crippen LogP contribution in [0, 0.1) is 5.92 Å². The number of hydrogen-bond donors (Lipinski definition) is 3. The molecule has 0 bridgehead atoms. The van der Waals surface area contributed by atoms with Gasteiger partial charge in [-0.1, -0.05) is 45.0 Å². The van der Waals surface area contributed by atoms with E-state index in [1.807, 2.05) is 57.2 Å². The zero-order valence-electron chi connectivity index (χ0n) is 19.0. The summed E-state index contributed by atoms with van der Waals surface area (Å²) >= 11 is 0. The molecule has 1 heterocycles. The van der Waals surface area contributed by atoms with E-state index >= 15 is 0 Å². The predicted molar refractivity (Wildman–Crippen MR) is 124 cm³/mol. The number of esters is 1. The lowest BCUT2D eigenvalue weighted by Crippen LogP contribution is -2.47. The van der Waals surface area contributed by atoms with Crippen molar-refractivity contribution in [1.29, 1.82) is 0 Å². The normalized spacial score (nSPS) is 18.7. The Bertz CT molecular complexity index is 966. The van der Waals surface area contributed by atoms with E-state index in [9.17, 15) is 20.1 Å². The lowest BCUT2D eigenvalue weighted by atomic mass is 9.79. The molecule has 0 saturated heterocycles. The SMILES string of the molecule is CCCN(C1=C(O)CC(CCc2ccc(O)cc2)(C(C)C)OC1=O)c1cccc(CO)c1. The van der Waals surface area contributed by atoms with Crippen molar-refractivity contribution in [3.05, 3.63) is 71.1 Å². The van der Waals surface area contributed by atoms with Gasteiger partial charge < -0.3 is 25.0 Å². The van der Waals surface area contributed by atoms with Crippen molar-refractivity contribution in [2.45, 2.75) is 58.7 Å². The molecule has 6 heteroatoms. The van der Waals surface area contributed by atoms with Crippen LogP contribution in [-0.4, -0.2) is 33.4 Å². The van der Waals surface area contributed by atoms with E-state index in [1.54, 1.807) is 17.0 Å². The summed E-state index contributed by atoms with van der Waals surface area (Å²) in [6.45, 7) is 6.43. The molecule has 0 fully saturated rings. The molecule has 32 heavy (non-hydrogen) atoms. The maximum atomic E-state index is 13.3. The van der Waals surface area contributed by atoms with Crippen LogP contribution >= 0.6 is 0 Å². The highest BCUT2D eigenvalue weighted by atomic mass is 16.6. The van der Waals surface area contributed by atoms with Crippen LogP contribution in [-0.2, 0) is 22.6 Å². The van der Waals surface area contributed by atoms with E-state index in [1.165, 1.54) is 0 Å². The monoisotopic (exact) mass is 439 g/mol. The Morgan fingerprint density at radius 3 is 2.41 bits per heavy atom. The standard InChI is InChI=1S/C26H33NO5/c1-4-14-27(21-7-5-6-20(15-21)17-28)24-23(30)16-26(18(2)3,32-25(24)31)13-12-19-8-10-22(29)11-9-19/h5-11,15,18,28-30H,4,12-14,16-17H2,1-3H3. The van der Waals surface area contributed by atoms with E-state index in [0.29, 0.717) is 19.4 Å². The number of benzene rings is 2. The summed E-state index contributed by atoms with van der Waals surface area (Å²) in [5.74, 6) is -0.285. The number of aliphatic hydroxyl groups excluding tert-OH is 2. The molecule has 172 valence electrons. The summed E-state index contributed by atoms with van der Waals surface area (Å²) in [6.07, 6.45) is 2.23. The van der Waals surface area contributed by atoms with E-state index in [4.69, 9.17) is 4.74 Å². The van der Waals surface area contributed by atoms with E-state index in [-0.39, 0.29) is 36.2 Å². The highest BCUT2D eigenvalue weighted by Crippen LogP contribution is 2.40. The molecule has 0 aliphatic carbocycles. The van der Waals surface area contributed by atoms with Crippen LogP contribution in [0.4, 0.5) is 5.69 Å². The molecular formula is C26H33NO5. The molecule has 0 spiro atoms. The molecule has 0 aromatic heterocycles. The third kappa shape index (κ3) is 5.07. The van der Waals surface area contributed by atoms with Crippen LogP contribution in [0.5, 0.6) is 5.75 Å². The van der Waals surface area contributed by atoms with Gasteiger partial charge in [-0.3, -0.25) is 0 Å². The number of phenolic OH excluding ortho intramolecular Hbond substituents is 1. The van der Waals surface area contributed by atoms with E-state index in [0.717, 1.165) is 23.2 Å². The van der Waals surface area contributed by atoms with E-state index in [2.05, 4.69) is 0 Å². The van der Waals surface area contributed by atoms with Gasteiger partial charge in [0.1, 0.15) is 17.1 Å². The quantitative estimate of drug-likeness (QED) is 0.484. The van der Waals surface area contributed by atoms with Gasteiger partial charge in [0.25, 0.3) is 0 Å². The summed E-state index contributed by atoms with van der Waals surface area (Å²) < 4.78 is 6.07. The molecule has 1 aliphatic rings. The second-order valence-corrected chi connectivity index (χ2v) is 8.73. The summed E-state index contributed by atoms with van der Waals surface area (Å²) in [5.41, 5.74) is 1.86. The third-order valence-corrected chi connectivity index (χ3v) is 6.18. The lowest BCUT2D eigenvalue weighted by Gasteiger charge is -2.42. The van der Waals surface area contributed by atoms with Crippen molar-refractivity contribution in [3.8, 4) is 5.75 Å². The number of ether oxygens (including phenoxy) is 1.